The lowest BCUT2D eigenvalue weighted by molar-refractivity contribution is -0.137. The number of likely N-dealkylation sites (tertiary alicyclic amines) is 1. The third-order valence-corrected chi connectivity index (χ3v) is 4.53. The van der Waals surface area contributed by atoms with Crippen LogP contribution in [-0.2, 0) is 9.53 Å². The van der Waals surface area contributed by atoms with E-state index in [1.807, 2.05) is 4.90 Å². The Morgan fingerprint density at radius 3 is 2.48 bits per heavy atom. The predicted octanol–water partition coefficient (Wildman–Crippen LogP) is 0.0619. The highest BCUT2D eigenvalue weighted by Crippen LogP contribution is 2.29. The molecule has 2 saturated heterocycles. The van der Waals surface area contributed by atoms with Crippen LogP contribution in [0.4, 0.5) is 4.79 Å². The van der Waals surface area contributed by atoms with E-state index < -0.39 is 5.97 Å². The van der Waals surface area contributed by atoms with Gasteiger partial charge in [-0.3, -0.25) is 9.69 Å². The monoisotopic (exact) mass is 297 g/mol. The number of rotatable bonds is 4. The van der Waals surface area contributed by atoms with Gasteiger partial charge in [-0.05, 0) is 19.3 Å². The lowest BCUT2D eigenvalue weighted by atomic mass is 10.2. The third-order valence-electron chi connectivity index (χ3n) is 4.53. The Hall–Kier alpha value is -1.34. The molecule has 2 heterocycles. The molecule has 3 aliphatic rings. The van der Waals surface area contributed by atoms with Crippen LogP contribution in [0, 0.1) is 0 Å². The summed E-state index contributed by atoms with van der Waals surface area (Å²) >= 11 is 0. The number of nitrogens with zero attached hydrogens (tertiary/aromatic N) is 3. The number of ether oxygens (including phenoxy) is 1. The normalized spacial score (nSPS) is 26.9. The number of carboxylic acid groups (broad SMARTS) is 1. The minimum absolute atomic E-state index is 0.101. The molecule has 1 saturated carbocycles. The Morgan fingerprint density at radius 1 is 1.14 bits per heavy atom. The van der Waals surface area contributed by atoms with E-state index in [1.54, 1.807) is 0 Å². The van der Waals surface area contributed by atoms with Gasteiger partial charge in [0.1, 0.15) is 6.54 Å². The van der Waals surface area contributed by atoms with Gasteiger partial charge in [0.25, 0.3) is 0 Å². The zero-order valence-electron chi connectivity index (χ0n) is 12.2. The van der Waals surface area contributed by atoms with Crippen molar-refractivity contribution in [3.05, 3.63) is 0 Å². The highest BCUT2D eigenvalue weighted by Gasteiger charge is 2.39. The number of morpholine rings is 1. The Balaban J connectivity index is 1.56. The van der Waals surface area contributed by atoms with Crippen LogP contribution in [0.1, 0.15) is 19.3 Å². The van der Waals surface area contributed by atoms with Gasteiger partial charge in [-0.25, -0.2) is 4.79 Å². The molecule has 1 unspecified atom stereocenters. The van der Waals surface area contributed by atoms with Gasteiger partial charge < -0.3 is 19.6 Å². The van der Waals surface area contributed by atoms with E-state index in [0.29, 0.717) is 12.6 Å². The van der Waals surface area contributed by atoms with E-state index in [-0.39, 0.29) is 18.6 Å². The zero-order valence-corrected chi connectivity index (χ0v) is 12.2. The van der Waals surface area contributed by atoms with E-state index >= 15 is 0 Å². The van der Waals surface area contributed by atoms with Crippen molar-refractivity contribution >= 4 is 12.0 Å². The van der Waals surface area contributed by atoms with Crippen molar-refractivity contribution in [2.45, 2.75) is 31.3 Å². The second-order valence-corrected chi connectivity index (χ2v) is 6.07. The minimum Gasteiger partial charge on any atom is -0.480 e. The first kappa shape index (κ1) is 14.6. The summed E-state index contributed by atoms with van der Waals surface area (Å²) in [6, 6.07) is 0.426. The van der Waals surface area contributed by atoms with E-state index in [4.69, 9.17) is 9.84 Å². The summed E-state index contributed by atoms with van der Waals surface area (Å²) < 4.78 is 5.36. The van der Waals surface area contributed by atoms with Crippen molar-refractivity contribution in [1.82, 2.24) is 14.7 Å². The van der Waals surface area contributed by atoms with Crippen LogP contribution < -0.4 is 0 Å². The first-order valence-corrected chi connectivity index (χ1v) is 7.74. The summed E-state index contributed by atoms with van der Waals surface area (Å²) in [6.45, 7) is 4.63. The van der Waals surface area contributed by atoms with Crippen LogP contribution in [0.2, 0.25) is 0 Å². The Kier molecular flexibility index (Phi) is 4.30. The van der Waals surface area contributed by atoms with Gasteiger partial charge in [0.05, 0.1) is 13.2 Å². The molecule has 0 aromatic rings. The van der Waals surface area contributed by atoms with Crippen LogP contribution in [0.25, 0.3) is 0 Å². The molecule has 2 amide bonds. The third kappa shape index (κ3) is 3.47. The van der Waals surface area contributed by atoms with Crippen molar-refractivity contribution in [2.75, 3.05) is 45.9 Å². The minimum atomic E-state index is -0.931. The SMILES string of the molecule is O=C(O)CN(C(=O)N1CCC(N2CCOCC2)C1)C1CC1. The molecule has 21 heavy (non-hydrogen) atoms. The van der Waals surface area contributed by atoms with Crippen LogP contribution in [0.5, 0.6) is 0 Å². The molecular weight excluding hydrogens is 274 g/mol. The Labute approximate surface area is 124 Å². The van der Waals surface area contributed by atoms with E-state index in [2.05, 4.69) is 4.90 Å². The number of hydrogen-bond acceptors (Lipinski definition) is 4. The summed E-state index contributed by atoms with van der Waals surface area (Å²) in [5, 5.41) is 8.97. The highest BCUT2D eigenvalue weighted by atomic mass is 16.5. The average molecular weight is 297 g/mol. The highest BCUT2D eigenvalue weighted by molar-refractivity contribution is 5.81. The number of carbonyl (C=O) groups is 2. The molecule has 0 bridgehead atoms. The molecule has 118 valence electrons. The Morgan fingerprint density at radius 2 is 1.86 bits per heavy atom. The second-order valence-electron chi connectivity index (χ2n) is 6.07. The number of carbonyl (C=O) groups excluding carboxylic acids is 1. The molecule has 1 N–H and O–H groups in total. The molecular formula is C14H23N3O4. The molecule has 7 heteroatoms. The largest absolute Gasteiger partial charge is 0.480 e. The van der Waals surface area contributed by atoms with Crippen molar-refractivity contribution in [2.24, 2.45) is 0 Å². The fraction of sp³-hybridized carbons (Fsp3) is 0.857. The van der Waals surface area contributed by atoms with Crippen molar-refractivity contribution in [1.29, 1.82) is 0 Å². The van der Waals surface area contributed by atoms with Crippen molar-refractivity contribution < 1.29 is 19.4 Å². The average Bonchev–Trinajstić information content (AvgIpc) is 3.21. The van der Waals surface area contributed by atoms with Crippen molar-refractivity contribution in [3.8, 4) is 0 Å². The number of aliphatic carboxylic acids is 1. The van der Waals surface area contributed by atoms with E-state index in [9.17, 15) is 9.59 Å². The number of amides is 2. The van der Waals surface area contributed by atoms with Crippen LogP contribution >= 0.6 is 0 Å². The quantitative estimate of drug-likeness (QED) is 0.794. The maximum atomic E-state index is 12.5. The zero-order chi connectivity index (χ0) is 14.8. The van der Waals surface area contributed by atoms with Gasteiger partial charge in [0, 0.05) is 38.3 Å². The van der Waals surface area contributed by atoms with E-state index in [1.165, 1.54) is 4.90 Å². The number of urea groups is 1. The molecule has 2 aliphatic heterocycles. The summed E-state index contributed by atoms with van der Waals surface area (Å²) in [7, 11) is 0. The van der Waals surface area contributed by atoms with Gasteiger partial charge in [-0.15, -0.1) is 0 Å². The standard InChI is InChI=1S/C14H23N3O4/c18-13(19)10-17(11-1-2-11)14(20)16-4-3-12(9-16)15-5-7-21-8-6-15/h11-12H,1-10H2,(H,18,19). The van der Waals surface area contributed by atoms with Crippen LogP contribution in [0.15, 0.2) is 0 Å². The fourth-order valence-corrected chi connectivity index (χ4v) is 3.22. The summed E-state index contributed by atoms with van der Waals surface area (Å²) in [6.07, 6.45) is 2.83. The second kappa shape index (κ2) is 6.19. The fourth-order valence-electron chi connectivity index (χ4n) is 3.22. The molecule has 1 aliphatic carbocycles. The topological polar surface area (TPSA) is 73.3 Å². The predicted molar refractivity (Wildman–Crippen MR) is 75.1 cm³/mol. The van der Waals surface area contributed by atoms with E-state index in [0.717, 1.165) is 52.1 Å². The summed E-state index contributed by atoms with van der Waals surface area (Å²) in [5.74, 6) is -0.931. The first-order valence-electron chi connectivity index (χ1n) is 7.74. The van der Waals surface area contributed by atoms with Crippen LogP contribution in [0.3, 0.4) is 0 Å². The maximum absolute atomic E-state index is 12.5. The summed E-state index contributed by atoms with van der Waals surface area (Å²) in [4.78, 5) is 29.2. The van der Waals surface area contributed by atoms with Gasteiger partial charge >= 0.3 is 12.0 Å². The maximum Gasteiger partial charge on any atom is 0.323 e. The van der Waals surface area contributed by atoms with Crippen molar-refractivity contribution in [3.63, 3.8) is 0 Å². The van der Waals surface area contributed by atoms with Crippen LogP contribution in [-0.4, -0.2) is 89.8 Å². The lowest BCUT2D eigenvalue weighted by Crippen LogP contribution is -2.48. The number of hydrogen-bond donors (Lipinski definition) is 1. The molecule has 1 atom stereocenters. The molecule has 0 aromatic carbocycles. The molecule has 3 fully saturated rings. The number of carboxylic acids is 1. The van der Waals surface area contributed by atoms with Gasteiger partial charge in [-0.2, -0.15) is 0 Å². The Bertz CT molecular complexity index is 407. The smallest absolute Gasteiger partial charge is 0.323 e. The molecule has 0 aromatic heterocycles. The molecule has 0 radical (unpaired) electrons. The lowest BCUT2D eigenvalue weighted by Gasteiger charge is -2.32. The molecule has 7 nitrogen and oxygen atoms in total. The van der Waals surface area contributed by atoms with Gasteiger partial charge in [-0.1, -0.05) is 0 Å². The first-order chi connectivity index (χ1) is 10.1. The molecule has 0 spiro atoms. The molecule has 3 rings (SSSR count). The van der Waals surface area contributed by atoms with Gasteiger partial charge in [0.2, 0.25) is 0 Å². The van der Waals surface area contributed by atoms with Gasteiger partial charge in [0.15, 0.2) is 0 Å². The summed E-state index contributed by atoms with van der Waals surface area (Å²) in [5.41, 5.74) is 0.